The lowest BCUT2D eigenvalue weighted by Gasteiger charge is -2.47. The van der Waals surface area contributed by atoms with Crippen molar-refractivity contribution in [3.63, 3.8) is 0 Å². The van der Waals surface area contributed by atoms with E-state index in [9.17, 15) is 13.9 Å². The Bertz CT molecular complexity index is 441. The van der Waals surface area contributed by atoms with E-state index < -0.39 is 17.7 Å². The predicted octanol–water partition coefficient (Wildman–Crippen LogP) is 2.07. The highest BCUT2D eigenvalue weighted by molar-refractivity contribution is 5.22. The van der Waals surface area contributed by atoms with Gasteiger partial charge in [-0.1, -0.05) is 6.07 Å². The van der Waals surface area contributed by atoms with Gasteiger partial charge in [-0.05, 0) is 45.5 Å². The topological polar surface area (TPSA) is 35.5 Å². The summed E-state index contributed by atoms with van der Waals surface area (Å²) in [7, 11) is 4.07. The second-order valence-electron chi connectivity index (χ2n) is 5.75. The van der Waals surface area contributed by atoms with Gasteiger partial charge in [0.1, 0.15) is 11.6 Å². The maximum atomic E-state index is 13.5. The highest BCUT2D eigenvalue weighted by Crippen LogP contribution is 2.35. The molecule has 0 aliphatic heterocycles. The van der Waals surface area contributed by atoms with E-state index in [-0.39, 0.29) is 17.6 Å². The van der Waals surface area contributed by atoms with E-state index in [0.29, 0.717) is 6.54 Å². The maximum absolute atomic E-state index is 13.5. The fraction of sp³-hybridized carbons (Fsp3) is 0.600. The Kier molecular flexibility index (Phi) is 4.73. The second kappa shape index (κ2) is 6.16. The number of benzene rings is 1. The molecule has 1 atom stereocenters. The summed E-state index contributed by atoms with van der Waals surface area (Å²) in [6.07, 6.45) is 2.24. The quantitative estimate of drug-likeness (QED) is 0.839. The third-order valence-electron chi connectivity index (χ3n) is 4.36. The van der Waals surface area contributed by atoms with Crippen LogP contribution in [-0.4, -0.2) is 42.7 Å². The highest BCUT2D eigenvalue weighted by atomic mass is 19.1. The van der Waals surface area contributed by atoms with Crippen LogP contribution < -0.4 is 5.32 Å². The van der Waals surface area contributed by atoms with Crippen molar-refractivity contribution in [2.75, 3.05) is 27.2 Å². The van der Waals surface area contributed by atoms with Crippen LogP contribution in [0, 0.1) is 11.6 Å². The minimum atomic E-state index is -1.17. The van der Waals surface area contributed by atoms with Crippen molar-refractivity contribution in [1.82, 2.24) is 10.2 Å². The number of aliphatic hydroxyl groups excluding tert-OH is 1. The van der Waals surface area contributed by atoms with Gasteiger partial charge in [0.05, 0.1) is 11.7 Å². The van der Waals surface area contributed by atoms with Crippen LogP contribution in [0.1, 0.15) is 30.9 Å². The molecule has 0 radical (unpaired) electrons. The van der Waals surface area contributed by atoms with Gasteiger partial charge < -0.3 is 15.3 Å². The third-order valence-corrected chi connectivity index (χ3v) is 4.36. The number of nitrogens with one attached hydrogen (secondary N) is 1. The van der Waals surface area contributed by atoms with Gasteiger partial charge in [0.2, 0.25) is 0 Å². The van der Waals surface area contributed by atoms with E-state index in [4.69, 9.17) is 0 Å². The summed E-state index contributed by atoms with van der Waals surface area (Å²) in [6.45, 7) is 0.862. The smallest absolute Gasteiger partial charge is 0.131 e. The summed E-state index contributed by atoms with van der Waals surface area (Å²) >= 11 is 0. The van der Waals surface area contributed by atoms with Crippen molar-refractivity contribution >= 4 is 0 Å². The van der Waals surface area contributed by atoms with Crippen molar-refractivity contribution in [2.24, 2.45) is 0 Å². The number of hydrogen-bond donors (Lipinski definition) is 2. The summed E-state index contributed by atoms with van der Waals surface area (Å²) in [5.74, 6) is -1.41. The molecule has 0 saturated heterocycles. The van der Waals surface area contributed by atoms with E-state index in [2.05, 4.69) is 10.2 Å². The number of halogens is 2. The SMILES string of the molecule is CN(C)C1(CNCC(O)c2c(F)cccc2F)CCC1. The van der Waals surface area contributed by atoms with E-state index in [1.165, 1.54) is 12.5 Å². The first-order valence-electron chi connectivity index (χ1n) is 6.96. The van der Waals surface area contributed by atoms with Gasteiger partial charge in [-0.3, -0.25) is 0 Å². The van der Waals surface area contributed by atoms with Gasteiger partial charge in [0.15, 0.2) is 0 Å². The molecule has 112 valence electrons. The van der Waals surface area contributed by atoms with Gasteiger partial charge in [-0.15, -0.1) is 0 Å². The summed E-state index contributed by atoms with van der Waals surface area (Å²) in [6, 6.07) is 3.62. The van der Waals surface area contributed by atoms with E-state index in [1.54, 1.807) is 0 Å². The van der Waals surface area contributed by atoms with Gasteiger partial charge in [-0.2, -0.15) is 0 Å². The van der Waals surface area contributed by atoms with Crippen molar-refractivity contribution < 1.29 is 13.9 Å². The molecule has 1 saturated carbocycles. The minimum absolute atomic E-state index is 0.119. The van der Waals surface area contributed by atoms with Crippen LogP contribution in [0.15, 0.2) is 18.2 Å². The monoisotopic (exact) mass is 284 g/mol. The van der Waals surface area contributed by atoms with Gasteiger partial charge in [-0.25, -0.2) is 8.78 Å². The Hall–Kier alpha value is -1.04. The molecule has 0 heterocycles. The fourth-order valence-electron chi connectivity index (χ4n) is 2.74. The molecule has 0 bridgehead atoms. The number of likely N-dealkylation sites (N-methyl/N-ethyl adjacent to an activating group) is 1. The molecule has 5 heteroatoms. The molecule has 1 aromatic rings. The lowest BCUT2D eigenvalue weighted by atomic mass is 9.75. The zero-order chi connectivity index (χ0) is 14.8. The average molecular weight is 284 g/mol. The Balaban J connectivity index is 1.91. The van der Waals surface area contributed by atoms with E-state index >= 15 is 0 Å². The molecule has 0 aromatic heterocycles. The van der Waals surface area contributed by atoms with E-state index in [1.807, 2.05) is 14.1 Å². The van der Waals surface area contributed by atoms with Gasteiger partial charge in [0.25, 0.3) is 0 Å². The van der Waals surface area contributed by atoms with Crippen molar-refractivity contribution in [3.05, 3.63) is 35.4 Å². The van der Waals surface area contributed by atoms with E-state index in [0.717, 1.165) is 25.0 Å². The van der Waals surface area contributed by atoms with Crippen LogP contribution in [0.25, 0.3) is 0 Å². The van der Waals surface area contributed by atoms with Crippen molar-refractivity contribution in [1.29, 1.82) is 0 Å². The minimum Gasteiger partial charge on any atom is -0.387 e. The van der Waals surface area contributed by atoms with Crippen LogP contribution in [0.2, 0.25) is 0 Å². The van der Waals surface area contributed by atoms with Crippen molar-refractivity contribution in [2.45, 2.75) is 30.9 Å². The molecule has 20 heavy (non-hydrogen) atoms. The number of rotatable bonds is 6. The first-order valence-corrected chi connectivity index (χ1v) is 6.96. The summed E-state index contributed by atoms with van der Waals surface area (Å²) in [5.41, 5.74) is -0.138. The zero-order valence-corrected chi connectivity index (χ0v) is 12.0. The van der Waals surface area contributed by atoms with Gasteiger partial charge >= 0.3 is 0 Å². The van der Waals surface area contributed by atoms with Crippen LogP contribution in [0.4, 0.5) is 8.78 Å². The van der Waals surface area contributed by atoms with Crippen LogP contribution >= 0.6 is 0 Å². The Morgan fingerprint density at radius 3 is 2.35 bits per heavy atom. The second-order valence-corrected chi connectivity index (χ2v) is 5.75. The number of hydrogen-bond acceptors (Lipinski definition) is 3. The molecule has 0 spiro atoms. The number of nitrogens with zero attached hydrogens (tertiary/aromatic N) is 1. The molecular formula is C15H22F2N2O. The van der Waals surface area contributed by atoms with Crippen LogP contribution in [0.3, 0.4) is 0 Å². The molecule has 1 aliphatic carbocycles. The molecule has 1 aromatic carbocycles. The van der Waals surface area contributed by atoms with Crippen LogP contribution in [0.5, 0.6) is 0 Å². The average Bonchev–Trinajstić information content (AvgIpc) is 2.31. The van der Waals surface area contributed by atoms with Crippen LogP contribution in [-0.2, 0) is 0 Å². The third kappa shape index (κ3) is 3.00. The molecule has 2 rings (SSSR count). The molecule has 3 nitrogen and oxygen atoms in total. The standard InChI is InChI=1S/C15H22F2N2O/c1-19(2)15(7-4-8-15)10-18-9-13(20)14-11(16)5-3-6-12(14)17/h3,5-6,13,18,20H,4,7-10H2,1-2H3. The Morgan fingerprint density at radius 1 is 1.30 bits per heavy atom. The first-order chi connectivity index (χ1) is 9.46. The Morgan fingerprint density at radius 2 is 1.90 bits per heavy atom. The molecular weight excluding hydrogens is 262 g/mol. The predicted molar refractivity (Wildman–Crippen MR) is 74.5 cm³/mol. The molecule has 1 fully saturated rings. The normalized spacial score (nSPS) is 18.9. The zero-order valence-electron chi connectivity index (χ0n) is 12.0. The number of aliphatic hydroxyl groups is 1. The Labute approximate surface area is 118 Å². The van der Waals surface area contributed by atoms with Crippen molar-refractivity contribution in [3.8, 4) is 0 Å². The lowest BCUT2D eigenvalue weighted by molar-refractivity contribution is 0.0551. The largest absolute Gasteiger partial charge is 0.387 e. The first kappa shape index (κ1) is 15.4. The molecule has 2 N–H and O–H groups in total. The molecule has 0 amide bonds. The summed E-state index contributed by atoms with van der Waals surface area (Å²) in [5, 5.41) is 13.1. The maximum Gasteiger partial charge on any atom is 0.131 e. The highest BCUT2D eigenvalue weighted by Gasteiger charge is 2.38. The molecule has 1 unspecified atom stereocenters. The summed E-state index contributed by atoms with van der Waals surface area (Å²) < 4.78 is 27.1. The fourth-order valence-corrected chi connectivity index (χ4v) is 2.74. The summed E-state index contributed by atoms with van der Waals surface area (Å²) in [4.78, 5) is 2.18. The molecule has 1 aliphatic rings. The lowest BCUT2D eigenvalue weighted by Crippen LogP contribution is -2.56. The van der Waals surface area contributed by atoms with Gasteiger partial charge in [0, 0.05) is 18.6 Å².